The van der Waals surface area contributed by atoms with Crippen LogP contribution in [0.1, 0.15) is 25.0 Å². The Bertz CT molecular complexity index is 551. The quantitative estimate of drug-likeness (QED) is 0.807. The number of rotatable bonds is 5. The number of aliphatic hydroxyl groups is 1. The molecular formula is C19H22O. The highest BCUT2D eigenvalue weighted by molar-refractivity contribution is 5.37. The minimum Gasteiger partial charge on any atom is -0.389 e. The van der Waals surface area contributed by atoms with Crippen LogP contribution in [0.25, 0.3) is 0 Å². The summed E-state index contributed by atoms with van der Waals surface area (Å²) in [5, 5.41) is 10.8. The zero-order chi connectivity index (χ0) is 14.6. The van der Waals surface area contributed by atoms with Gasteiger partial charge in [0.15, 0.2) is 0 Å². The van der Waals surface area contributed by atoms with E-state index in [-0.39, 0.29) is 0 Å². The molecule has 0 saturated carbocycles. The lowest BCUT2D eigenvalue weighted by molar-refractivity contribution is 0.0151. The van der Waals surface area contributed by atoms with Gasteiger partial charge in [0.1, 0.15) is 0 Å². The third kappa shape index (κ3) is 2.68. The molecule has 0 radical (unpaired) electrons. The van der Waals surface area contributed by atoms with Crippen molar-refractivity contribution in [2.45, 2.75) is 31.3 Å². The van der Waals surface area contributed by atoms with Gasteiger partial charge >= 0.3 is 0 Å². The molecule has 104 valence electrons. The number of hydrogen-bond donors (Lipinski definition) is 1. The van der Waals surface area contributed by atoms with Crippen molar-refractivity contribution >= 4 is 0 Å². The van der Waals surface area contributed by atoms with E-state index in [1.54, 1.807) is 0 Å². The van der Waals surface area contributed by atoms with Gasteiger partial charge in [-0.3, -0.25) is 0 Å². The molecule has 1 unspecified atom stereocenters. The summed E-state index contributed by atoms with van der Waals surface area (Å²) >= 11 is 0. The Morgan fingerprint density at radius 1 is 0.950 bits per heavy atom. The summed E-state index contributed by atoms with van der Waals surface area (Å²) in [7, 11) is 0. The Hall–Kier alpha value is -1.86. The average molecular weight is 266 g/mol. The van der Waals surface area contributed by atoms with Crippen molar-refractivity contribution in [1.29, 1.82) is 0 Å². The van der Waals surface area contributed by atoms with E-state index in [1.807, 2.05) is 56.3 Å². The molecule has 0 saturated heterocycles. The molecule has 2 aromatic rings. The van der Waals surface area contributed by atoms with Gasteiger partial charge < -0.3 is 5.11 Å². The zero-order valence-electron chi connectivity index (χ0n) is 12.2. The molecule has 0 aromatic heterocycles. The Balaban J connectivity index is 2.52. The molecule has 0 aliphatic rings. The molecule has 0 amide bonds. The molecule has 0 bridgehead atoms. The molecule has 0 heterocycles. The maximum atomic E-state index is 10.8. The van der Waals surface area contributed by atoms with Crippen LogP contribution in [0, 0.1) is 0 Å². The van der Waals surface area contributed by atoms with Crippen LogP contribution in [-0.4, -0.2) is 10.7 Å². The van der Waals surface area contributed by atoms with Crippen molar-refractivity contribution in [3.63, 3.8) is 0 Å². The van der Waals surface area contributed by atoms with Gasteiger partial charge in [-0.1, -0.05) is 66.7 Å². The Labute approximate surface area is 121 Å². The van der Waals surface area contributed by atoms with Crippen molar-refractivity contribution < 1.29 is 5.11 Å². The lowest BCUT2D eigenvalue weighted by Gasteiger charge is -2.42. The normalized spacial score (nSPS) is 14.6. The SMILES string of the molecule is C=CC(Cc1ccccc1)(c1ccccc1)C(C)(C)O. The summed E-state index contributed by atoms with van der Waals surface area (Å²) < 4.78 is 0. The first-order valence-corrected chi connectivity index (χ1v) is 6.95. The fourth-order valence-corrected chi connectivity index (χ4v) is 2.76. The van der Waals surface area contributed by atoms with Gasteiger partial charge in [-0.2, -0.15) is 0 Å². The van der Waals surface area contributed by atoms with Gasteiger partial charge in [-0.15, -0.1) is 6.58 Å². The monoisotopic (exact) mass is 266 g/mol. The van der Waals surface area contributed by atoms with Gasteiger partial charge in [0.2, 0.25) is 0 Å². The van der Waals surface area contributed by atoms with Gasteiger partial charge in [0.05, 0.1) is 5.60 Å². The van der Waals surface area contributed by atoms with Crippen LogP contribution in [0.5, 0.6) is 0 Å². The molecule has 1 atom stereocenters. The molecule has 0 aliphatic heterocycles. The fraction of sp³-hybridized carbons (Fsp3) is 0.263. The molecular weight excluding hydrogens is 244 g/mol. The first-order valence-electron chi connectivity index (χ1n) is 6.95. The molecule has 1 nitrogen and oxygen atoms in total. The molecule has 2 rings (SSSR count). The highest BCUT2D eigenvalue weighted by Gasteiger charge is 2.42. The Kier molecular flexibility index (Phi) is 4.10. The van der Waals surface area contributed by atoms with Crippen molar-refractivity contribution in [3.05, 3.63) is 84.4 Å². The second kappa shape index (κ2) is 5.64. The first-order chi connectivity index (χ1) is 9.49. The predicted molar refractivity (Wildman–Crippen MR) is 84.8 cm³/mol. The summed E-state index contributed by atoms with van der Waals surface area (Å²) in [4.78, 5) is 0. The summed E-state index contributed by atoms with van der Waals surface area (Å²) in [5.74, 6) is 0. The van der Waals surface area contributed by atoms with Crippen molar-refractivity contribution in [2.75, 3.05) is 0 Å². The van der Waals surface area contributed by atoms with Crippen LogP contribution in [0.2, 0.25) is 0 Å². The van der Waals surface area contributed by atoms with Gasteiger partial charge in [0, 0.05) is 5.41 Å². The minimum absolute atomic E-state index is 0.504. The largest absolute Gasteiger partial charge is 0.389 e. The minimum atomic E-state index is -0.897. The standard InChI is InChI=1S/C19H22O/c1-4-19(18(2,3)20,17-13-9-6-10-14-17)15-16-11-7-5-8-12-16/h4-14,20H,1,15H2,2-3H3. The van der Waals surface area contributed by atoms with E-state index in [4.69, 9.17) is 0 Å². The Morgan fingerprint density at radius 2 is 1.45 bits per heavy atom. The highest BCUT2D eigenvalue weighted by Crippen LogP contribution is 2.39. The maximum Gasteiger partial charge on any atom is 0.0725 e. The van der Waals surface area contributed by atoms with Crippen molar-refractivity contribution in [2.24, 2.45) is 0 Å². The van der Waals surface area contributed by atoms with Crippen LogP contribution < -0.4 is 0 Å². The molecule has 0 fully saturated rings. The van der Waals surface area contributed by atoms with E-state index in [1.165, 1.54) is 5.56 Å². The summed E-state index contributed by atoms with van der Waals surface area (Å²) in [6, 6.07) is 20.4. The second-order valence-electron chi connectivity index (χ2n) is 5.76. The number of benzene rings is 2. The topological polar surface area (TPSA) is 20.2 Å². The predicted octanol–water partition coefficient (Wildman–Crippen LogP) is 4.12. The Morgan fingerprint density at radius 3 is 1.90 bits per heavy atom. The number of hydrogen-bond acceptors (Lipinski definition) is 1. The van der Waals surface area contributed by atoms with Crippen molar-refractivity contribution in [3.8, 4) is 0 Å². The van der Waals surface area contributed by atoms with E-state index in [2.05, 4.69) is 30.8 Å². The maximum absolute atomic E-state index is 10.8. The van der Waals surface area contributed by atoms with Crippen LogP contribution >= 0.6 is 0 Å². The lowest BCUT2D eigenvalue weighted by atomic mass is 9.65. The van der Waals surface area contributed by atoms with E-state index in [0.717, 1.165) is 12.0 Å². The molecule has 20 heavy (non-hydrogen) atoms. The van der Waals surface area contributed by atoms with Crippen LogP contribution in [0.4, 0.5) is 0 Å². The van der Waals surface area contributed by atoms with Crippen molar-refractivity contribution in [1.82, 2.24) is 0 Å². The molecule has 0 spiro atoms. The van der Waals surface area contributed by atoms with E-state index < -0.39 is 11.0 Å². The molecule has 0 aliphatic carbocycles. The highest BCUT2D eigenvalue weighted by atomic mass is 16.3. The molecule has 1 heteroatoms. The molecule has 2 aromatic carbocycles. The fourth-order valence-electron chi connectivity index (χ4n) is 2.76. The summed E-state index contributed by atoms with van der Waals surface area (Å²) in [6.45, 7) is 7.72. The molecule has 1 N–H and O–H groups in total. The van der Waals surface area contributed by atoms with Gasteiger partial charge in [-0.05, 0) is 31.4 Å². The van der Waals surface area contributed by atoms with Crippen LogP contribution in [-0.2, 0) is 11.8 Å². The third-order valence-corrected chi connectivity index (χ3v) is 4.05. The van der Waals surface area contributed by atoms with Crippen LogP contribution in [0.15, 0.2) is 73.3 Å². The van der Waals surface area contributed by atoms with Crippen LogP contribution in [0.3, 0.4) is 0 Å². The third-order valence-electron chi connectivity index (χ3n) is 4.05. The lowest BCUT2D eigenvalue weighted by Crippen LogP contribution is -2.47. The smallest absolute Gasteiger partial charge is 0.0725 e. The average Bonchev–Trinajstić information content (AvgIpc) is 2.45. The van der Waals surface area contributed by atoms with Gasteiger partial charge in [0.25, 0.3) is 0 Å². The zero-order valence-corrected chi connectivity index (χ0v) is 12.2. The van der Waals surface area contributed by atoms with Gasteiger partial charge in [-0.25, -0.2) is 0 Å². The summed E-state index contributed by atoms with van der Waals surface area (Å²) in [5.41, 5.74) is 0.881. The second-order valence-corrected chi connectivity index (χ2v) is 5.76. The summed E-state index contributed by atoms with van der Waals surface area (Å²) in [6.07, 6.45) is 2.61. The van der Waals surface area contributed by atoms with E-state index in [9.17, 15) is 5.11 Å². The first kappa shape index (κ1) is 14.5. The van der Waals surface area contributed by atoms with E-state index >= 15 is 0 Å². The van der Waals surface area contributed by atoms with E-state index in [0.29, 0.717) is 0 Å².